The lowest BCUT2D eigenvalue weighted by Crippen LogP contribution is -2.39. The molecule has 0 bridgehead atoms. The topological polar surface area (TPSA) is 66.4 Å². The molecule has 0 aliphatic heterocycles. The monoisotopic (exact) mass is 409 g/mol. The second kappa shape index (κ2) is 19.2. The van der Waals surface area contributed by atoms with Crippen LogP contribution in [0.4, 0.5) is 0 Å². The van der Waals surface area contributed by atoms with E-state index >= 15 is 0 Å². The zero-order chi connectivity index (χ0) is 21.0. The third-order valence-corrected chi connectivity index (χ3v) is 5.59. The van der Waals surface area contributed by atoms with Gasteiger partial charge in [-0.1, -0.05) is 84.0 Å². The van der Waals surface area contributed by atoms with Gasteiger partial charge in [0.2, 0.25) is 10.4 Å². The molecule has 0 aliphatic rings. The number of unbranched alkanes of at least 4 members (excludes halogenated alkanes) is 13. The Balaban J connectivity index is 0. The Morgan fingerprint density at radius 3 is 1.26 bits per heavy atom. The Morgan fingerprint density at radius 2 is 1.00 bits per heavy atom. The number of hydrogen-bond acceptors (Lipinski definition) is 4. The fraction of sp³-hybridized carbons (Fsp3) is 1.00. The molecule has 0 spiro atoms. The van der Waals surface area contributed by atoms with Gasteiger partial charge in [0.1, 0.15) is 0 Å². The molecule has 0 rings (SSSR count). The summed E-state index contributed by atoms with van der Waals surface area (Å²) in [6.45, 7) is 7.21. The van der Waals surface area contributed by atoms with Crippen molar-refractivity contribution in [1.82, 2.24) is 0 Å². The first-order valence-corrected chi connectivity index (χ1v) is 12.3. The molecule has 0 aromatic heterocycles. The van der Waals surface area contributed by atoms with Gasteiger partial charge in [-0.2, -0.15) is 0 Å². The lowest BCUT2D eigenvalue weighted by Gasteiger charge is -2.28. The van der Waals surface area contributed by atoms with Crippen LogP contribution in [-0.4, -0.2) is 51.7 Å². The van der Waals surface area contributed by atoms with Crippen LogP contribution in [0.1, 0.15) is 104 Å². The number of quaternary nitrogens is 1. The van der Waals surface area contributed by atoms with Crippen LogP contribution in [0.2, 0.25) is 0 Å². The van der Waals surface area contributed by atoms with Crippen LogP contribution in [0.3, 0.4) is 0 Å². The van der Waals surface area contributed by atoms with E-state index in [-0.39, 0.29) is 0 Å². The molecule has 0 saturated carbocycles. The fourth-order valence-corrected chi connectivity index (χ4v) is 2.89. The Bertz CT molecular complexity index is 397. The van der Waals surface area contributed by atoms with E-state index in [1.54, 1.807) is 0 Å². The molecule has 6 heteroatoms. The zero-order valence-corrected chi connectivity index (χ0v) is 19.6. The normalized spacial score (nSPS) is 11.9. The summed E-state index contributed by atoms with van der Waals surface area (Å²) in [7, 11) is 1.09. The van der Waals surface area contributed by atoms with Crippen molar-refractivity contribution in [3.63, 3.8) is 0 Å². The molecule has 0 amide bonds. The van der Waals surface area contributed by atoms with E-state index in [9.17, 15) is 13.0 Å². The molecule has 0 radical (unpaired) electrons. The van der Waals surface area contributed by atoms with E-state index in [1.165, 1.54) is 107 Å². The minimum atomic E-state index is -4.41. The Labute approximate surface area is 170 Å². The van der Waals surface area contributed by atoms with E-state index in [0.29, 0.717) is 0 Å². The highest BCUT2D eigenvalue weighted by Gasteiger charge is 2.09. The molecular weight excluding hydrogens is 362 g/mol. The predicted octanol–water partition coefficient (Wildman–Crippen LogP) is 5.66. The van der Waals surface area contributed by atoms with Crippen molar-refractivity contribution in [3.05, 3.63) is 0 Å². The van der Waals surface area contributed by atoms with Crippen molar-refractivity contribution in [2.24, 2.45) is 0 Å². The third kappa shape index (κ3) is 28.1. The average molecular weight is 410 g/mol. The van der Waals surface area contributed by atoms with Crippen molar-refractivity contribution in [1.29, 1.82) is 0 Å². The quantitative estimate of drug-likeness (QED) is 0.135. The Kier molecular flexibility index (Phi) is 20.6. The van der Waals surface area contributed by atoms with Crippen LogP contribution < -0.4 is 0 Å². The molecule has 0 heterocycles. The van der Waals surface area contributed by atoms with Crippen molar-refractivity contribution < 1.29 is 21.6 Å². The van der Waals surface area contributed by atoms with Crippen LogP contribution in [0.25, 0.3) is 0 Å². The van der Waals surface area contributed by atoms with Gasteiger partial charge in [-0.15, -0.1) is 0 Å². The highest BCUT2D eigenvalue weighted by atomic mass is 32.3. The molecule has 0 aliphatic carbocycles. The van der Waals surface area contributed by atoms with Gasteiger partial charge in [-0.3, -0.25) is 4.18 Å². The first-order chi connectivity index (χ1) is 12.7. The van der Waals surface area contributed by atoms with Crippen molar-refractivity contribution in [2.75, 3.05) is 34.3 Å². The SMILES string of the molecule is CCCCCCCCCCCCCCCC[N+](C)(C)CC.COS(=O)(=O)[O-]. The van der Waals surface area contributed by atoms with Gasteiger partial charge in [0.05, 0.1) is 34.3 Å². The minimum Gasteiger partial charge on any atom is -0.726 e. The molecule has 0 saturated heterocycles. The van der Waals surface area contributed by atoms with Crippen LogP contribution in [0.5, 0.6) is 0 Å². The molecule has 0 fully saturated rings. The maximum Gasteiger partial charge on any atom is 0.217 e. The highest BCUT2D eigenvalue weighted by molar-refractivity contribution is 7.80. The van der Waals surface area contributed by atoms with Crippen molar-refractivity contribution in [2.45, 2.75) is 104 Å². The molecule has 0 aromatic carbocycles. The Morgan fingerprint density at radius 1 is 0.704 bits per heavy atom. The molecule has 166 valence electrons. The molecular formula is C21H47NO4S. The lowest BCUT2D eigenvalue weighted by molar-refractivity contribution is -0.888. The van der Waals surface area contributed by atoms with Crippen molar-refractivity contribution in [3.8, 4) is 0 Å². The van der Waals surface area contributed by atoms with Crippen LogP contribution in [0, 0.1) is 0 Å². The fourth-order valence-electron chi connectivity index (χ4n) is 2.89. The molecule has 0 unspecified atom stereocenters. The predicted molar refractivity (Wildman–Crippen MR) is 115 cm³/mol. The summed E-state index contributed by atoms with van der Waals surface area (Å²) in [5.41, 5.74) is 0. The summed E-state index contributed by atoms with van der Waals surface area (Å²) in [5, 5.41) is 0. The van der Waals surface area contributed by atoms with Gasteiger partial charge in [-0.25, -0.2) is 8.42 Å². The van der Waals surface area contributed by atoms with Crippen LogP contribution >= 0.6 is 0 Å². The second-order valence-corrected chi connectivity index (χ2v) is 9.30. The van der Waals surface area contributed by atoms with Crippen LogP contribution in [0.15, 0.2) is 0 Å². The summed E-state index contributed by atoms with van der Waals surface area (Å²) in [4.78, 5) is 0. The van der Waals surface area contributed by atoms with Crippen LogP contribution in [-0.2, 0) is 14.6 Å². The van der Waals surface area contributed by atoms with Gasteiger partial charge < -0.3 is 9.04 Å². The standard InChI is InChI=1S/C20H44N.CH4O4S/c1-5-7-8-9-10-11-12-13-14-15-16-17-18-19-20-21(3,4)6-2;1-5-6(2,3)4/h5-20H2,1-4H3;1H3,(H,2,3,4)/q+1;/p-1. The summed E-state index contributed by atoms with van der Waals surface area (Å²) >= 11 is 0. The van der Waals surface area contributed by atoms with E-state index in [1.807, 2.05) is 0 Å². The highest BCUT2D eigenvalue weighted by Crippen LogP contribution is 2.13. The summed E-state index contributed by atoms with van der Waals surface area (Å²) in [5.74, 6) is 0. The smallest absolute Gasteiger partial charge is 0.217 e. The van der Waals surface area contributed by atoms with Crippen molar-refractivity contribution >= 4 is 10.4 Å². The summed E-state index contributed by atoms with van der Waals surface area (Å²) < 4.78 is 32.2. The largest absolute Gasteiger partial charge is 0.726 e. The second-order valence-electron chi connectivity index (χ2n) is 8.15. The molecule has 0 aromatic rings. The Hall–Kier alpha value is -0.170. The van der Waals surface area contributed by atoms with Gasteiger partial charge in [0.15, 0.2) is 0 Å². The van der Waals surface area contributed by atoms with Gasteiger partial charge in [0, 0.05) is 0 Å². The van der Waals surface area contributed by atoms with Gasteiger partial charge >= 0.3 is 0 Å². The first-order valence-electron chi connectivity index (χ1n) is 11.0. The average Bonchev–Trinajstić information content (AvgIpc) is 2.62. The van der Waals surface area contributed by atoms with E-state index < -0.39 is 10.4 Å². The summed E-state index contributed by atoms with van der Waals surface area (Å²) in [6.07, 6.45) is 20.4. The van der Waals surface area contributed by atoms with Gasteiger partial charge in [0.25, 0.3) is 0 Å². The van der Waals surface area contributed by atoms with E-state index in [0.717, 1.165) is 7.11 Å². The number of hydrogen-bond donors (Lipinski definition) is 0. The molecule has 0 atom stereocenters. The zero-order valence-electron chi connectivity index (χ0n) is 18.8. The summed E-state index contributed by atoms with van der Waals surface area (Å²) in [6, 6.07) is 0. The maximum absolute atomic E-state index is 9.22. The molecule has 27 heavy (non-hydrogen) atoms. The number of rotatable bonds is 17. The van der Waals surface area contributed by atoms with E-state index in [4.69, 9.17) is 0 Å². The third-order valence-electron chi connectivity index (χ3n) is 5.18. The van der Waals surface area contributed by atoms with E-state index in [2.05, 4.69) is 32.1 Å². The maximum atomic E-state index is 9.22. The molecule has 0 N–H and O–H groups in total. The van der Waals surface area contributed by atoms with Gasteiger partial charge in [-0.05, 0) is 19.8 Å². The number of nitrogens with zero attached hydrogens (tertiary/aromatic N) is 1. The lowest BCUT2D eigenvalue weighted by atomic mass is 10.0. The minimum absolute atomic E-state index is 0.808. The first kappa shape index (κ1) is 29.0. The molecule has 5 nitrogen and oxygen atoms in total.